The smallest absolute Gasteiger partial charge is 0.322 e. The predicted octanol–water partition coefficient (Wildman–Crippen LogP) is 4.10. The lowest BCUT2D eigenvalue weighted by atomic mass is 10.1. The number of pyridine rings is 1. The zero-order chi connectivity index (χ0) is 25.1. The van der Waals surface area contributed by atoms with Crippen LogP contribution < -0.4 is 21.2 Å². The molecule has 3 N–H and O–H groups in total. The summed E-state index contributed by atoms with van der Waals surface area (Å²) in [5, 5.41) is 6.85. The molecule has 178 valence electrons. The molecule has 0 aliphatic rings. The second kappa shape index (κ2) is 9.85. The third kappa shape index (κ3) is 5.25. The van der Waals surface area contributed by atoms with Crippen LogP contribution in [-0.2, 0) is 0 Å². The van der Waals surface area contributed by atoms with E-state index in [1.807, 2.05) is 13.8 Å². The van der Waals surface area contributed by atoms with Crippen LogP contribution in [0.4, 0.5) is 15.9 Å². The van der Waals surface area contributed by atoms with Gasteiger partial charge < -0.3 is 15.8 Å². The van der Waals surface area contributed by atoms with E-state index in [0.29, 0.717) is 5.56 Å². The Kier molecular flexibility index (Phi) is 6.69. The van der Waals surface area contributed by atoms with Crippen LogP contribution >= 0.6 is 11.6 Å². The van der Waals surface area contributed by atoms with Crippen LogP contribution in [0, 0.1) is 5.82 Å². The molecule has 4 rings (SSSR count). The van der Waals surface area contributed by atoms with Crippen LogP contribution in [0.1, 0.15) is 30.4 Å². The summed E-state index contributed by atoms with van der Waals surface area (Å²) in [5.41, 5.74) is 5.59. The average Bonchev–Trinajstić information content (AvgIpc) is 2.84. The van der Waals surface area contributed by atoms with Crippen molar-refractivity contribution in [2.24, 2.45) is 0 Å². The van der Waals surface area contributed by atoms with Crippen molar-refractivity contribution >= 4 is 29.0 Å². The number of amides is 1. The number of carbonyl (C=O) groups excluding carboxylic acids is 1. The van der Waals surface area contributed by atoms with E-state index in [0.717, 1.165) is 0 Å². The van der Waals surface area contributed by atoms with E-state index in [-0.39, 0.29) is 45.6 Å². The van der Waals surface area contributed by atoms with E-state index in [9.17, 15) is 14.0 Å². The monoisotopic (exact) mass is 495 g/mol. The lowest BCUT2D eigenvalue weighted by molar-refractivity contribution is 0.101. The summed E-state index contributed by atoms with van der Waals surface area (Å²) in [5.74, 6) is -0.884. The van der Waals surface area contributed by atoms with Crippen LogP contribution in [0.2, 0.25) is 5.02 Å². The molecule has 0 atom stereocenters. The van der Waals surface area contributed by atoms with E-state index < -0.39 is 17.2 Å². The van der Waals surface area contributed by atoms with Gasteiger partial charge >= 0.3 is 6.01 Å². The largest absolute Gasteiger partial charge is 0.422 e. The van der Waals surface area contributed by atoms with E-state index in [1.165, 1.54) is 59.8 Å². The number of carbonyl (C=O) groups is 1. The maximum Gasteiger partial charge on any atom is 0.322 e. The fourth-order valence-electron chi connectivity index (χ4n) is 3.00. The molecule has 0 saturated heterocycles. The number of ether oxygens (including phenoxy) is 1. The minimum Gasteiger partial charge on any atom is -0.422 e. The van der Waals surface area contributed by atoms with Gasteiger partial charge in [-0.3, -0.25) is 14.3 Å². The molecule has 0 aliphatic heterocycles. The summed E-state index contributed by atoms with van der Waals surface area (Å²) in [6, 6.07) is 6.72. The molecule has 0 radical (unpaired) electrons. The van der Waals surface area contributed by atoms with Crippen LogP contribution in [0.5, 0.6) is 11.8 Å². The molecule has 4 aromatic rings. The van der Waals surface area contributed by atoms with Crippen molar-refractivity contribution in [3.63, 3.8) is 0 Å². The molecule has 0 fully saturated rings. The minimum atomic E-state index is -0.754. The number of nitrogens with zero attached hydrogens (tertiary/aromatic N) is 5. The molecule has 12 heteroatoms. The van der Waals surface area contributed by atoms with Crippen LogP contribution in [0.25, 0.3) is 11.1 Å². The van der Waals surface area contributed by atoms with E-state index in [2.05, 4.69) is 25.4 Å². The van der Waals surface area contributed by atoms with Crippen LogP contribution in [0.15, 0.2) is 59.9 Å². The number of nitrogen functional groups attached to an aromatic ring is 1. The molecular weight excluding hydrogens is 477 g/mol. The van der Waals surface area contributed by atoms with Crippen molar-refractivity contribution in [3.8, 4) is 22.9 Å². The van der Waals surface area contributed by atoms with Gasteiger partial charge in [-0.2, -0.15) is 5.10 Å². The van der Waals surface area contributed by atoms with Crippen molar-refractivity contribution in [3.05, 3.63) is 81.9 Å². The number of hydrogen-bond acceptors (Lipinski definition) is 8. The van der Waals surface area contributed by atoms with Gasteiger partial charge in [0, 0.05) is 30.1 Å². The zero-order valence-electron chi connectivity index (χ0n) is 18.6. The number of anilines is 2. The molecule has 1 aromatic carbocycles. The van der Waals surface area contributed by atoms with Crippen molar-refractivity contribution in [1.82, 2.24) is 24.7 Å². The molecule has 1 amide bonds. The molecule has 3 aromatic heterocycles. The molecule has 35 heavy (non-hydrogen) atoms. The minimum absolute atomic E-state index is 0.0471. The van der Waals surface area contributed by atoms with Gasteiger partial charge in [0.25, 0.3) is 5.91 Å². The first-order valence-electron chi connectivity index (χ1n) is 10.3. The summed E-state index contributed by atoms with van der Waals surface area (Å²) in [6.45, 7) is 3.70. The van der Waals surface area contributed by atoms with Gasteiger partial charge in [0.2, 0.25) is 5.43 Å². The summed E-state index contributed by atoms with van der Waals surface area (Å²) in [7, 11) is 0. The zero-order valence-corrected chi connectivity index (χ0v) is 19.3. The first kappa shape index (κ1) is 23.8. The Morgan fingerprint density at radius 2 is 1.83 bits per heavy atom. The standard InChI is InChI=1S/C23H19ClFN7O3/c1-12(2)32-11-16(13-3-5-14(25)6-4-13)20(33)19(31-32)22(34)30-15-9-28-23(29-10-15)35-17-7-8-27-21(26)18(17)24/h3-12H,1-2H3,(H2,26,27)(H,30,34). The van der Waals surface area contributed by atoms with Crippen molar-refractivity contribution < 1.29 is 13.9 Å². The quantitative estimate of drug-likeness (QED) is 0.407. The highest BCUT2D eigenvalue weighted by Crippen LogP contribution is 2.30. The third-order valence-electron chi connectivity index (χ3n) is 4.80. The fourth-order valence-corrected chi connectivity index (χ4v) is 3.15. The van der Waals surface area contributed by atoms with Gasteiger partial charge in [-0.05, 0) is 31.5 Å². The summed E-state index contributed by atoms with van der Waals surface area (Å²) >= 11 is 6.04. The number of nitrogens with one attached hydrogen (secondary N) is 1. The Hall–Kier alpha value is -4.38. The molecule has 0 unspecified atom stereocenters. The first-order valence-corrected chi connectivity index (χ1v) is 10.7. The van der Waals surface area contributed by atoms with Gasteiger partial charge in [-0.15, -0.1) is 0 Å². The first-order chi connectivity index (χ1) is 16.7. The summed E-state index contributed by atoms with van der Waals surface area (Å²) in [6.07, 6.45) is 5.54. The number of aromatic nitrogens is 5. The Morgan fingerprint density at radius 3 is 2.49 bits per heavy atom. The molecule has 0 aliphatic carbocycles. The molecule has 0 spiro atoms. The molecular formula is C23H19ClFN7O3. The number of hydrogen-bond donors (Lipinski definition) is 2. The van der Waals surface area contributed by atoms with Gasteiger partial charge in [0.05, 0.1) is 18.1 Å². The Morgan fingerprint density at radius 1 is 1.14 bits per heavy atom. The van der Waals surface area contributed by atoms with E-state index in [4.69, 9.17) is 22.1 Å². The maximum atomic E-state index is 13.4. The highest BCUT2D eigenvalue weighted by atomic mass is 35.5. The lowest BCUT2D eigenvalue weighted by Gasteiger charge is -2.14. The Labute approximate surface area is 203 Å². The number of halogens is 2. The van der Waals surface area contributed by atoms with E-state index in [1.54, 1.807) is 0 Å². The predicted molar refractivity (Wildman–Crippen MR) is 128 cm³/mol. The summed E-state index contributed by atoms with van der Waals surface area (Å²) in [4.78, 5) is 37.9. The van der Waals surface area contributed by atoms with Crippen molar-refractivity contribution in [1.29, 1.82) is 0 Å². The lowest BCUT2D eigenvalue weighted by Crippen LogP contribution is -2.28. The molecule has 0 bridgehead atoms. The van der Waals surface area contributed by atoms with Gasteiger partial charge in [-0.25, -0.2) is 19.3 Å². The number of rotatable bonds is 6. The van der Waals surface area contributed by atoms with Gasteiger partial charge in [0.1, 0.15) is 16.7 Å². The van der Waals surface area contributed by atoms with Crippen molar-refractivity contribution in [2.75, 3.05) is 11.1 Å². The summed E-state index contributed by atoms with van der Waals surface area (Å²) < 4.78 is 20.3. The van der Waals surface area contributed by atoms with Crippen LogP contribution in [-0.4, -0.2) is 30.6 Å². The Bertz CT molecular complexity index is 1440. The van der Waals surface area contributed by atoms with Gasteiger partial charge in [-0.1, -0.05) is 23.7 Å². The molecule has 0 saturated carbocycles. The SMILES string of the molecule is CC(C)n1cc(-c2ccc(F)cc2)c(=O)c(C(=O)Nc2cnc(Oc3ccnc(N)c3Cl)nc2)n1. The van der Waals surface area contributed by atoms with Gasteiger partial charge in [0.15, 0.2) is 11.4 Å². The number of nitrogens with two attached hydrogens (primary N) is 1. The topological polar surface area (TPSA) is 138 Å². The number of benzene rings is 1. The Balaban J connectivity index is 1.59. The van der Waals surface area contributed by atoms with Crippen molar-refractivity contribution in [2.45, 2.75) is 19.9 Å². The third-order valence-corrected chi connectivity index (χ3v) is 5.18. The molecule has 10 nitrogen and oxygen atoms in total. The van der Waals surface area contributed by atoms with E-state index >= 15 is 0 Å². The molecule has 3 heterocycles. The highest BCUT2D eigenvalue weighted by Gasteiger charge is 2.20. The highest BCUT2D eigenvalue weighted by molar-refractivity contribution is 6.34. The second-order valence-electron chi connectivity index (χ2n) is 7.62. The maximum absolute atomic E-state index is 13.4. The fraction of sp³-hybridized carbons (Fsp3) is 0.130. The average molecular weight is 496 g/mol. The second-order valence-corrected chi connectivity index (χ2v) is 8.00. The normalized spacial score (nSPS) is 10.9. The van der Waals surface area contributed by atoms with Crippen LogP contribution in [0.3, 0.4) is 0 Å².